The summed E-state index contributed by atoms with van der Waals surface area (Å²) in [6.45, 7) is 0.612. The van der Waals surface area contributed by atoms with Crippen molar-refractivity contribution in [3.8, 4) is 0 Å². The summed E-state index contributed by atoms with van der Waals surface area (Å²) in [6.07, 6.45) is 4.11. The van der Waals surface area contributed by atoms with Crippen LogP contribution in [-0.4, -0.2) is 49.7 Å². The summed E-state index contributed by atoms with van der Waals surface area (Å²) in [6, 6.07) is 3.09. The molecule has 4 rings (SSSR count). The lowest BCUT2D eigenvalue weighted by atomic mass is 9.92. The first-order valence-electron chi connectivity index (χ1n) is 10.8. The maximum atomic E-state index is 14.0. The average molecular weight is 501 g/mol. The number of anilines is 2. The van der Waals surface area contributed by atoms with Gasteiger partial charge in [-0.1, -0.05) is 17.4 Å². The number of ether oxygens (including phenoxy) is 1. The van der Waals surface area contributed by atoms with E-state index in [-0.39, 0.29) is 34.6 Å². The molecule has 0 amide bonds. The summed E-state index contributed by atoms with van der Waals surface area (Å²) in [5.74, 6) is -2.86. The molecular formula is C21H26F2N4O4S2. The SMILES string of the molecule is Nc1nc(NC2CCC(NS(=O)(=O)CC3CCCO3)CC2)sc1C(=O)c1c(F)cccc1F. The van der Waals surface area contributed by atoms with Crippen LogP contribution in [0.25, 0.3) is 0 Å². The number of carbonyl (C=O) groups excluding carboxylic acids is 1. The summed E-state index contributed by atoms with van der Waals surface area (Å²) in [5, 5.41) is 3.59. The highest BCUT2D eigenvalue weighted by molar-refractivity contribution is 7.89. The number of nitrogens with one attached hydrogen (secondary N) is 2. The van der Waals surface area contributed by atoms with E-state index in [1.54, 1.807) is 0 Å². The fraction of sp³-hybridized carbons (Fsp3) is 0.524. The molecule has 1 aromatic carbocycles. The van der Waals surface area contributed by atoms with Crippen LogP contribution < -0.4 is 15.8 Å². The van der Waals surface area contributed by atoms with Gasteiger partial charge in [0.2, 0.25) is 15.8 Å². The number of hydrogen-bond acceptors (Lipinski definition) is 8. The molecule has 1 aliphatic carbocycles. The third-order valence-corrected chi connectivity index (χ3v) is 8.38. The number of sulfonamides is 1. The molecule has 1 atom stereocenters. The monoisotopic (exact) mass is 500 g/mol. The predicted molar refractivity (Wildman–Crippen MR) is 122 cm³/mol. The number of rotatable bonds is 8. The highest BCUT2D eigenvalue weighted by Gasteiger charge is 2.29. The fourth-order valence-electron chi connectivity index (χ4n) is 4.24. The van der Waals surface area contributed by atoms with Crippen LogP contribution >= 0.6 is 11.3 Å². The Bertz CT molecular complexity index is 1090. The molecule has 1 saturated heterocycles. The lowest BCUT2D eigenvalue weighted by Crippen LogP contribution is -2.42. The molecule has 0 radical (unpaired) electrons. The molecule has 2 fully saturated rings. The number of benzene rings is 1. The van der Waals surface area contributed by atoms with Crippen molar-refractivity contribution in [3.63, 3.8) is 0 Å². The van der Waals surface area contributed by atoms with Crippen LogP contribution in [0.1, 0.15) is 53.8 Å². The van der Waals surface area contributed by atoms with Gasteiger partial charge >= 0.3 is 0 Å². The predicted octanol–water partition coefficient (Wildman–Crippen LogP) is 3.06. The maximum absolute atomic E-state index is 14.0. The molecular weight excluding hydrogens is 474 g/mol. The van der Waals surface area contributed by atoms with Gasteiger partial charge in [0.25, 0.3) is 0 Å². The zero-order valence-electron chi connectivity index (χ0n) is 17.9. The van der Waals surface area contributed by atoms with Crippen LogP contribution in [-0.2, 0) is 14.8 Å². The second kappa shape index (κ2) is 10.00. The Kier molecular flexibility index (Phi) is 7.27. The van der Waals surface area contributed by atoms with Crippen LogP contribution in [0.15, 0.2) is 18.2 Å². The van der Waals surface area contributed by atoms with Gasteiger partial charge in [0, 0.05) is 18.7 Å². The molecule has 8 nitrogen and oxygen atoms in total. The molecule has 1 saturated carbocycles. The van der Waals surface area contributed by atoms with E-state index in [4.69, 9.17) is 10.5 Å². The first-order valence-corrected chi connectivity index (χ1v) is 13.3. The standard InChI is InChI=1S/C21H26F2N4O4S2/c22-15-4-1-5-16(23)17(15)18(28)19-20(24)26-21(32-19)25-12-6-8-13(9-7-12)27-33(29,30)11-14-3-2-10-31-14/h1,4-5,12-14,27H,2-3,6-11,24H2,(H,25,26). The van der Waals surface area contributed by atoms with Crippen molar-refractivity contribution in [3.05, 3.63) is 40.3 Å². The molecule has 1 aliphatic heterocycles. The zero-order chi connectivity index (χ0) is 23.6. The van der Waals surface area contributed by atoms with Crippen LogP contribution in [0, 0.1) is 11.6 Å². The number of hydrogen-bond donors (Lipinski definition) is 3. The summed E-state index contributed by atoms with van der Waals surface area (Å²) < 4.78 is 60.9. The van der Waals surface area contributed by atoms with Gasteiger partial charge in [0.1, 0.15) is 22.3 Å². The Balaban J connectivity index is 1.32. The zero-order valence-corrected chi connectivity index (χ0v) is 19.5. The van der Waals surface area contributed by atoms with E-state index in [9.17, 15) is 22.0 Å². The van der Waals surface area contributed by atoms with Gasteiger partial charge in [-0.2, -0.15) is 0 Å². The second-order valence-corrected chi connectivity index (χ2v) is 11.2. The van der Waals surface area contributed by atoms with Crippen molar-refractivity contribution < 1.29 is 26.7 Å². The Morgan fingerprint density at radius 2 is 1.82 bits per heavy atom. The van der Waals surface area contributed by atoms with Crippen molar-refractivity contribution in [2.45, 2.75) is 56.7 Å². The van der Waals surface area contributed by atoms with Crippen molar-refractivity contribution in [1.82, 2.24) is 9.71 Å². The van der Waals surface area contributed by atoms with E-state index in [2.05, 4.69) is 15.0 Å². The number of carbonyl (C=O) groups is 1. The largest absolute Gasteiger partial charge is 0.382 e. The van der Waals surface area contributed by atoms with E-state index in [1.807, 2.05) is 0 Å². The van der Waals surface area contributed by atoms with E-state index in [1.165, 1.54) is 6.07 Å². The molecule has 1 unspecified atom stereocenters. The normalized spacial score (nSPS) is 23.5. The molecule has 4 N–H and O–H groups in total. The Labute approximate surface area is 195 Å². The van der Waals surface area contributed by atoms with Crippen LogP contribution in [0.3, 0.4) is 0 Å². The molecule has 180 valence electrons. The third-order valence-electron chi connectivity index (χ3n) is 5.88. The summed E-state index contributed by atoms with van der Waals surface area (Å²) in [5.41, 5.74) is 5.19. The Morgan fingerprint density at radius 1 is 1.15 bits per heavy atom. The first-order chi connectivity index (χ1) is 15.7. The number of aromatic nitrogens is 1. The molecule has 12 heteroatoms. The maximum Gasteiger partial charge on any atom is 0.214 e. The van der Waals surface area contributed by atoms with Gasteiger partial charge in [-0.15, -0.1) is 0 Å². The highest BCUT2D eigenvalue weighted by Crippen LogP contribution is 2.31. The number of ketones is 1. The molecule has 2 aliphatic rings. The number of nitrogens with two attached hydrogens (primary N) is 1. The molecule has 33 heavy (non-hydrogen) atoms. The van der Waals surface area contributed by atoms with Gasteiger partial charge in [-0.3, -0.25) is 4.79 Å². The van der Waals surface area contributed by atoms with Crippen molar-refractivity contribution in [2.75, 3.05) is 23.4 Å². The van der Waals surface area contributed by atoms with Gasteiger partial charge in [0.05, 0.1) is 17.4 Å². The quantitative estimate of drug-likeness (QED) is 0.476. The number of halogens is 2. The number of thiazole rings is 1. The first kappa shape index (κ1) is 24.0. The molecule has 1 aromatic heterocycles. The minimum atomic E-state index is -3.41. The fourth-order valence-corrected chi connectivity index (χ4v) is 6.74. The third kappa shape index (κ3) is 5.86. The van der Waals surface area contributed by atoms with Gasteiger partial charge < -0.3 is 15.8 Å². The molecule has 0 bridgehead atoms. The van der Waals surface area contributed by atoms with Crippen molar-refractivity contribution in [2.24, 2.45) is 0 Å². The smallest absolute Gasteiger partial charge is 0.214 e. The average Bonchev–Trinajstić information content (AvgIpc) is 3.38. The summed E-state index contributed by atoms with van der Waals surface area (Å²) >= 11 is 0.947. The number of nitrogen functional groups attached to an aromatic ring is 1. The van der Waals surface area contributed by atoms with E-state index in [0.29, 0.717) is 37.4 Å². The van der Waals surface area contributed by atoms with Gasteiger partial charge in [-0.25, -0.2) is 26.9 Å². The number of nitrogens with zero attached hydrogens (tertiary/aromatic N) is 1. The highest BCUT2D eigenvalue weighted by atomic mass is 32.2. The second-order valence-electron chi connectivity index (χ2n) is 8.39. The summed E-state index contributed by atoms with van der Waals surface area (Å²) in [4.78, 5) is 16.7. The van der Waals surface area contributed by atoms with Crippen molar-refractivity contribution in [1.29, 1.82) is 0 Å². The Hall–Kier alpha value is -2.15. The lowest BCUT2D eigenvalue weighted by Gasteiger charge is -2.29. The minimum absolute atomic E-state index is 0.0109. The molecule has 2 heterocycles. The van der Waals surface area contributed by atoms with Crippen LogP contribution in [0.5, 0.6) is 0 Å². The van der Waals surface area contributed by atoms with E-state index in [0.717, 1.165) is 36.3 Å². The lowest BCUT2D eigenvalue weighted by molar-refractivity contribution is 0.103. The van der Waals surface area contributed by atoms with Crippen LogP contribution in [0.2, 0.25) is 0 Å². The topological polar surface area (TPSA) is 123 Å². The van der Waals surface area contributed by atoms with E-state index < -0.39 is 33.0 Å². The molecule has 0 spiro atoms. The molecule has 2 aromatic rings. The van der Waals surface area contributed by atoms with Crippen molar-refractivity contribution >= 4 is 38.1 Å². The minimum Gasteiger partial charge on any atom is -0.382 e. The van der Waals surface area contributed by atoms with Crippen LogP contribution in [0.4, 0.5) is 19.7 Å². The van der Waals surface area contributed by atoms with Gasteiger partial charge in [-0.05, 0) is 50.7 Å². The Morgan fingerprint density at radius 3 is 2.45 bits per heavy atom. The van der Waals surface area contributed by atoms with Gasteiger partial charge in [0.15, 0.2) is 5.13 Å². The van der Waals surface area contributed by atoms with E-state index >= 15 is 0 Å². The summed E-state index contributed by atoms with van der Waals surface area (Å²) in [7, 11) is -3.41.